The van der Waals surface area contributed by atoms with Crippen LogP contribution in [0.25, 0.3) is 0 Å². The van der Waals surface area contributed by atoms with Crippen molar-refractivity contribution < 1.29 is 22.8 Å². The molecule has 8 heteroatoms. The van der Waals surface area contributed by atoms with Gasteiger partial charge in [-0.25, -0.2) is 8.42 Å². The third-order valence-electron chi connectivity index (χ3n) is 4.53. The molecule has 0 saturated carbocycles. The summed E-state index contributed by atoms with van der Waals surface area (Å²) in [6.07, 6.45) is 2.33. The van der Waals surface area contributed by atoms with Crippen LogP contribution in [0.3, 0.4) is 0 Å². The number of carbonyl (C=O) groups excluding carboxylic acids is 3. The Morgan fingerprint density at radius 1 is 1.08 bits per heavy atom. The van der Waals surface area contributed by atoms with Crippen molar-refractivity contribution in [1.82, 2.24) is 10.2 Å². The Balaban J connectivity index is 2.33. The molecule has 1 unspecified atom stereocenters. The Labute approximate surface area is 153 Å². The van der Waals surface area contributed by atoms with Crippen molar-refractivity contribution in [3.05, 3.63) is 35.4 Å². The van der Waals surface area contributed by atoms with Gasteiger partial charge in [0.25, 0.3) is 11.8 Å². The Hall–Kier alpha value is -2.22. The molecule has 0 spiro atoms. The molecule has 0 aromatic heterocycles. The standard InChI is InChI=1S/C18H24N2O5S/c1-4-12(5-2)19-16(21)15(10-11-26(3,24)25)20-17(22)13-8-6-7-9-14(13)18(20)23/h6-9,12,15H,4-5,10-11H2,1-3H3,(H,19,21). The first-order chi connectivity index (χ1) is 12.2. The molecule has 142 valence electrons. The van der Waals surface area contributed by atoms with E-state index in [1.165, 1.54) is 12.1 Å². The lowest BCUT2D eigenvalue weighted by Gasteiger charge is -2.27. The summed E-state index contributed by atoms with van der Waals surface area (Å²) in [6, 6.07) is 5.09. The third kappa shape index (κ3) is 4.30. The van der Waals surface area contributed by atoms with E-state index in [0.717, 1.165) is 11.2 Å². The van der Waals surface area contributed by atoms with Crippen molar-refractivity contribution in [2.24, 2.45) is 0 Å². The van der Waals surface area contributed by atoms with E-state index in [4.69, 9.17) is 0 Å². The number of nitrogens with one attached hydrogen (secondary N) is 1. The molecule has 2 rings (SSSR count). The maximum Gasteiger partial charge on any atom is 0.262 e. The lowest BCUT2D eigenvalue weighted by Crippen LogP contribution is -2.52. The topological polar surface area (TPSA) is 101 Å². The number of sulfone groups is 1. The Bertz CT molecular complexity index is 780. The van der Waals surface area contributed by atoms with Gasteiger partial charge in [0.1, 0.15) is 15.9 Å². The molecule has 1 heterocycles. The second kappa shape index (κ2) is 7.99. The minimum absolute atomic E-state index is 0.0987. The third-order valence-corrected chi connectivity index (χ3v) is 5.51. The van der Waals surface area contributed by atoms with Crippen molar-refractivity contribution in [1.29, 1.82) is 0 Å². The molecule has 1 aliphatic heterocycles. The lowest BCUT2D eigenvalue weighted by molar-refractivity contribution is -0.125. The Morgan fingerprint density at radius 3 is 2.00 bits per heavy atom. The van der Waals surface area contributed by atoms with Crippen molar-refractivity contribution in [3.63, 3.8) is 0 Å². The molecule has 0 radical (unpaired) electrons. The highest BCUT2D eigenvalue weighted by Gasteiger charge is 2.42. The van der Waals surface area contributed by atoms with E-state index in [0.29, 0.717) is 12.8 Å². The van der Waals surface area contributed by atoms with Gasteiger partial charge in [0.05, 0.1) is 16.9 Å². The predicted molar refractivity (Wildman–Crippen MR) is 97.6 cm³/mol. The van der Waals surface area contributed by atoms with E-state index < -0.39 is 33.6 Å². The van der Waals surface area contributed by atoms with E-state index in [2.05, 4.69) is 5.32 Å². The van der Waals surface area contributed by atoms with Gasteiger partial charge < -0.3 is 5.32 Å². The molecule has 0 bridgehead atoms. The molecule has 3 amide bonds. The average Bonchev–Trinajstić information content (AvgIpc) is 2.84. The fraction of sp³-hybridized carbons (Fsp3) is 0.500. The van der Waals surface area contributed by atoms with Gasteiger partial charge in [0.2, 0.25) is 5.91 Å². The second-order valence-corrected chi connectivity index (χ2v) is 8.74. The highest BCUT2D eigenvalue weighted by atomic mass is 32.2. The summed E-state index contributed by atoms with van der Waals surface area (Å²) in [6.45, 7) is 3.84. The molecule has 1 N–H and O–H groups in total. The summed E-state index contributed by atoms with van der Waals surface area (Å²) in [4.78, 5) is 39.0. The molecular weight excluding hydrogens is 356 g/mol. The minimum atomic E-state index is -3.35. The summed E-state index contributed by atoms with van der Waals surface area (Å²) < 4.78 is 23.1. The summed E-state index contributed by atoms with van der Waals surface area (Å²) in [5.74, 6) is -1.93. The van der Waals surface area contributed by atoms with Crippen LogP contribution >= 0.6 is 0 Å². The van der Waals surface area contributed by atoms with Crippen molar-refractivity contribution >= 4 is 27.6 Å². The van der Waals surface area contributed by atoms with Crippen LogP contribution in [0.4, 0.5) is 0 Å². The number of benzene rings is 1. The average molecular weight is 380 g/mol. The van der Waals surface area contributed by atoms with Crippen LogP contribution in [0.5, 0.6) is 0 Å². The van der Waals surface area contributed by atoms with Crippen LogP contribution in [0.2, 0.25) is 0 Å². The van der Waals surface area contributed by atoms with Crippen LogP contribution in [0.1, 0.15) is 53.8 Å². The van der Waals surface area contributed by atoms with E-state index in [9.17, 15) is 22.8 Å². The maximum atomic E-state index is 12.8. The number of amides is 3. The normalized spacial score (nSPS) is 15.3. The van der Waals surface area contributed by atoms with Gasteiger partial charge in [0, 0.05) is 12.3 Å². The van der Waals surface area contributed by atoms with Gasteiger partial charge in [-0.2, -0.15) is 0 Å². The number of carbonyl (C=O) groups is 3. The van der Waals surface area contributed by atoms with Crippen molar-refractivity contribution in [3.8, 4) is 0 Å². The quantitative estimate of drug-likeness (QED) is 0.687. The lowest BCUT2D eigenvalue weighted by atomic mass is 10.1. The fourth-order valence-electron chi connectivity index (χ4n) is 2.98. The molecule has 1 aromatic carbocycles. The monoisotopic (exact) mass is 380 g/mol. The highest BCUT2D eigenvalue weighted by molar-refractivity contribution is 7.90. The van der Waals surface area contributed by atoms with E-state index in [-0.39, 0.29) is 29.3 Å². The molecule has 0 saturated heterocycles. The summed E-state index contributed by atoms with van der Waals surface area (Å²) in [5.41, 5.74) is 0.467. The first-order valence-electron chi connectivity index (χ1n) is 8.64. The summed E-state index contributed by atoms with van der Waals surface area (Å²) in [5, 5.41) is 2.82. The number of rotatable bonds is 8. The first-order valence-corrected chi connectivity index (χ1v) is 10.7. The summed E-state index contributed by atoms with van der Waals surface area (Å²) >= 11 is 0. The van der Waals surface area contributed by atoms with E-state index >= 15 is 0 Å². The molecule has 26 heavy (non-hydrogen) atoms. The van der Waals surface area contributed by atoms with Gasteiger partial charge in [0.15, 0.2) is 0 Å². The molecular formula is C18H24N2O5S. The number of nitrogens with zero attached hydrogens (tertiary/aromatic N) is 1. The van der Waals surface area contributed by atoms with Crippen molar-refractivity contribution in [2.45, 2.75) is 45.2 Å². The SMILES string of the molecule is CCC(CC)NC(=O)C(CCS(C)(=O)=O)N1C(=O)c2ccccc2C1=O. The maximum absolute atomic E-state index is 12.8. The zero-order chi connectivity index (χ0) is 19.5. The summed E-state index contributed by atoms with van der Waals surface area (Å²) in [7, 11) is -3.35. The van der Waals surface area contributed by atoms with Crippen molar-refractivity contribution in [2.75, 3.05) is 12.0 Å². The molecule has 1 atom stereocenters. The molecule has 1 aliphatic rings. The number of hydrogen-bond acceptors (Lipinski definition) is 5. The molecule has 0 fully saturated rings. The Morgan fingerprint density at radius 2 is 1.58 bits per heavy atom. The fourth-order valence-corrected chi connectivity index (χ4v) is 3.64. The van der Waals surface area contributed by atoms with Crippen LogP contribution in [0, 0.1) is 0 Å². The number of hydrogen-bond donors (Lipinski definition) is 1. The van der Waals surface area contributed by atoms with Crippen LogP contribution in [0.15, 0.2) is 24.3 Å². The zero-order valence-corrected chi connectivity index (χ0v) is 16.0. The van der Waals surface area contributed by atoms with E-state index in [1.807, 2.05) is 13.8 Å². The zero-order valence-electron chi connectivity index (χ0n) is 15.2. The number of imide groups is 1. The Kier molecular flexibility index (Phi) is 6.17. The number of fused-ring (bicyclic) bond motifs is 1. The van der Waals surface area contributed by atoms with Crippen LogP contribution in [-0.2, 0) is 14.6 Å². The van der Waals surface area contributed by atoms with Gasteiger partial charge in [-0.3, -0.25) is 19.3 Å². The van der Waals surface area contributed by atoms with Gasteiger partial charge >= 0.3 is 0 Å². The molecule has 1 aromatic rings. The van der Waals surface area contributed by atoms with Crippen LogP contribution < -0.4 is 5.32 Å². The van der Waals surface area contributed by atoms with Gasteiger partial charge in [-0.05, 0) is 31.4 Å². The van der Waals surface area contributed by atoms with Gasteiger partial charge in [-0.1, -0.05) is 26.0 Å². The largest absolute Gasteiger partial charge is 0.352 e. The minimum Gasteiger partial charge on any atom is -0.352 e. The van der Waals surface area contributed by atoms with Gasteiger partial charge in [-0.15, -0.1) is 0 Å². The van der Waals surface area contributed by atoms with E-state index in [1.54, 1.807) is 12.1 Å². The van der Waals surface area contributed by atoms with Crippen LogP contribution in [-0.4, -0.2) is 55.1 Å². The smallest absolute Gasteiger partial charge is 0.262 e. The predicted octanol–water partition coefficient (Wildman–Crippen LogP) is 1.39. The highest BCUT2D eigenvalue weighted by Crippen LogP contribution is 2.26. The first kappa shape index (κ1) is 20.1. The molecule has 0 aliphatic carbocycles. The second-order valence-electron chi connectivity index (χ2n) is 6.48. The molecule has 7 nitrogen and oxygen atoms in total.